The normalized spacial score (nSPS) is 12.7. The zero-order valence-electron chi connectivity index (χ0n) is 10.3. The van der Waals surface area contributed by atoms with Gasteiger partial charge in [-0.25, -0.2) is 9.59 Å². The van der Waals surface area contributed by atoms with Crippen molar-refractivity contribution in [1.29, 1.82) is 0 Å². The highest BCUT2D eigenvalue weighted by atomic mass is 16.5. The number of benzene rings is 1. The van der Waals surface area contributed by atoms with E-state index in [0.717, 1.165) is 0 Å². The number of carboxylic acids is 1. The number of aliphatic carboxylic acids is 1. The van der Waals surface area contributed by atoms with Gasteiger partial charge in [0.15, 0.2) is 5.58 Å². The second-order valence-corrected chi connectivity index (χ2v) is 4.17. The molecule has 0 fully saturated rings. The Bertz CT molecular complexity index is 658. The molecule has 3 N–H and O–H groups in total. The monoisotopic (exact) mass is 266 g/mol. The molecule has 0 amide bonds. The van der Waals surface area contributed by atoms with Gasteiger partial charge in [0.1, 0.15) is 6.61 Å². The lowest BCUT2D eigenvalue weighted by molar-refractivity contribution is -0.142. The van der Waals surface area contributed by atoms with E-state index in [-0.39, 0.29) is 6.61 Å². The summed E-state index contributed by atoms with van der Waals surface area (Å²) >= 11 is 0. The number of aryl methyl sites for hydroxylation is 1. The summed E-state index contributed by atoms with van der Waals surface area (Å²) in [5, 5.41) is 8.45. The molecule has 1 atom stereocenters. The van der Waals surface area contributed by atoms with Crippen LogP contribution in [0.2, 0.25) is 0 Å². The molecule has 0 bridgehead atoms. The highest BCUT2D eigenvalue weighted by molar-refractivity contribution is 5.73. The number of hydrogen-bond donors (Lipinski definition) is 2. The maximum Gasteiger partial charge on any atom is 0.419 e. The van der Waals surface area contributed by atoms with E-state index in [4.69, 9.17) is 20.0 Å². The van der Waals surface area contributed by atoms with Crippen molar-refractivity contribution in [3.8, 4) is 0 Å². The molecule has 2 aromatic rings. The maximum absolute atomic E-state index is 11.3. The van der Waals surface area contributed by atoms with E-state index in [1.165, 1.54) is 4.57 Å². The van der Waals surface area contributed by atoms with E-state index in [0.29, 0.717) is 16.7 Å². The molecule has 0 saturated heterocycles. The van der Waals surface area contributed by atoms with Crippen LogP contribution in [0.1, 0.15) is 11.6 Å². The van der Waals surface area contributed by atoms with Crippen molar-refractivity contribution in [1.82, 2.24) is 4.57 Å². The van der Waals surface area contributed by atoms with E-state index in [9.17, 15) is 9.59 Å². The highest BCUT2D eigenvalue weighted by Crippen LogP contribution is 2.18. The number of fused-ring (bicyclic) bond motifs is 1. The molecular weight excluding hydrogens is 252 g/mol. The fourth-order valence-electron chi connectivity index (χ4n) is 1.75. The number of aromatic nitrogens is 1. The molecule has 0 aliphatic heterocycles. The third-order valence-corrected chi connectivity index (χ3v) is 2.77. The van der Waals surface area contributed by atoms with Gasteiger partial charge < -0.3 is 20.0 Å². The second kappa shape index (κ2) is 5.25. The van der Waals surface area contributed by atoms with Gasteiger partial charge in [0, 0.05) is 7.05 Å². The molecule has 7 heteroatoms. The van der Waals surface area contributed by atoms with Gasteiger partial charge >= 0.3 is 11.7 Å². The third kappa shape index (κ3) is 2.83. The molecule has 0 aliphatic carbocycles. The number of nitrogens with two attached hydrogens (primary N) is 1. The van der Waals surface area contributed by atoms with Gasteiger partial charge in [0.25, 0.3) is 0 Å². The Morgan fingerprint density at radius 3 is 3.00 bits per heavy atom. The summed E-state index contributed by atoms with van der Waals surface area (Å²) < 4.78 is 11.4. The number of nitrogens with zero attached hydrogens (tertiary/aromatic N) is 1. The summed E-state index contributed by atoms with van der Waals surface area (Å²) in [5.41, 5.74) is 7.70. The van der Waals surface area contributed by atoms with Crippen LogP contribution in [-0.4, -0.2) is 28.9 Å². The standard InChI is InChI=1S/C12H14N2O5/c1-14-9-3-2-7(4-10(9)19-12(14)17)8(13)5-18-6-11(15)16/h2-4,8H,5-6,13H2,1H3,(H,15,16). The molecule has 1 unspecified atom stereocenters. The van der Waals surface area contributed by atoms with E-state index in [1.807, 2.05) is 0 Å². The molecule has 19 heavy (non-hydrogen) atoms. The molecular formula is C12H14N2O5. The number of carbonyl (C=O) groups is 1. The van der Waals surface area contributed by atoms with Crippen molar-refractivity contribution in [3.63, 3.8) is 0 Å². The van der Waals surface area contributed by atoms with Crippen LogP contribution in [0.5, 0.6) is 0 Å². The Morgan fingerprint density at radius 1 is 1.58 bits per heavy atom. The van der Waals surface area contributed by atoms with Gasteiger partial charge in [-0.05, 0) is 17.7 Å². The summed E-state index contributed by atoms with van der Waals surface area (Å²) in [6.07, 6.45) is 0. The first kappa shape index (κ1) is 13.3. The predicted molar refractivity (Wildman–Crippen MR) is 66.8 cm³/mol. The third-order valence-electron chi connectivity index (χ3n) is 2.77. The van der Waals surface area contributed by atoms with Crippen molar-refractivity contribution in [3.05, 3.63) is 34.3 Å². The zero-order valence-corrected chi connectivity index (χ0v) is 10.3. The summed E-state index contributed by atoms with van der Waals surface area (Å²) in [6, 6.07) is 4.67. The first-order valence-corrected chi connectivity index (χ1v) is 5.63. The Balaban J connectivity index is 2.16. The summed E-state index contributed by atoms with van der Waals surface area (Å²) in [5.74, 6) is -1.49. The molecule has 0 radical (unpaired) electrons. The summed E-state index contributed by atoms with van der Waals surface area (Å²) in [7, 11) is 1.61. The van der Waals surface area contributed by atoms with Crippen molar-refractivity contribution >= 4 is 17.1 Å². The van der Waals surface area contributed by atoms with E-state index >= 15 is 0 Å². The van der Waals surface area contributed by atoms with Crippen molar-refractivity contribution in [2.45, 2.75) is 6.04 Å². The Labute approximate surface area is 108 Å². The van der Waals surface area contributed by atoms with Gasteiger partial charge in [0.05, 0.1) is 18.2 Å². The minimum absolute atomic E-state index is 0.0782. The predicted octanol–water partition coefficient (Wildman–Crippen LogP) is 0.233. The minimum atomic E-state index is -1.04. The molecule has 0 aliphatic rings. The lowest BCUT2D eigenvalue weighted by Gasteiger charge is -2.11. The highest BCUT2D eigenvalue weighted by Gasteiger charge is 2.11. The molecule has 2 rings (SSSR count). The van der Waals surface area contributed by atoms with Crippen molar-refractivity contribution in [2.24, 2.45) is 12.8 Å². The van der Waals surface area contributed by atoms with Gasteiger partial charge in [-0.3, -0.25) is 4.57 Å². The number of rotatable bonds is 5. The Hall–Kier alpha value is -2.12. The van der Waals surface area contributed by atoms with Crippen LogP contribution in [0, 0.1) is 0 Å². The average Bonchev–Trinajstić information content (AvgIpc) is 2.64. The zero-order chi connectivity index (χ0) is 14.0. The van der Waals surface area contributed by atoms with Crippen LogP contribution in [0.3, 0.4) is 0 Å². The van der Waals surface area contributed by atoms with E-state index in [1.54, 1.807) is 25.2 Å². The van der Waals surface area contributed by atoms with Crippen molar-refractivity contribution in [2.75, 3.05) is 13.2 Å². The maximum atomic E-state index is 11.3. The van der Waals surface area contributed by atoms with Crippen LogP contribution in [0.15, 0.2) is 27.4 Å². The molecule has 1 heterocycles. The molecule has 0 spiro atoms. The average molecular weight is 266 g/mol. The Morgan fingerprint density at radius 2 is 2.32 bits per heavy atom. The SMILES string of the molecule is Cn1c(=O)oc2cc(C(N)COCC(=O)O)ccc21. The Kier molecular flexibility index (Phi) is 3.68. The van der Waals surface area contributed by atoms with Gasteiger partial charge in [-0.2, -0.15) is 0 Å². The lowest BCUT2D eigenvalue weighted by atomic mass is 10.1. The fraction of sp³-hybridized carbons (Fsp3) is 0.333. The molecule has 0 saturated carbocycles. The van der Waals surface area contributed by atoms with Gasteiger partial charge in [-0.15, -0.1) is 0 Å². The smallest absolute Gasteiger partial charge is 0.419 e. The second-order valence-electron chi connectivity index (χ2n) is 4.17. The molecule has 7 nitrogen and oxygen atoms in total. The molecule has 1 aromatic heterocycles. The first-order chi connectivity index (χ1) is 8.99. The number of oxazole rings is 1. The van der Waals surface area contributed by atoms with Gasteiger partial charge in [0.2, 0.25) is 0 Å². The van der Waals surface area contributed by atoms with Crippen LogP contribution < -0.4 is 11.5 Å². The van der Waals surface area contributed by atoms with Gasteiger partial charge in [-0.1, -0.05) is 6.07 Å². The summed E-state index contributed by atoms with van der Waals surface area (Å²) in [6.45, 7) is -0.314. The van der Waals surface area contributed by atoms with E-state index in [2.05, 4.69) is 0 Å². The minimum Gasteiger partial charge on any atom is -0.480 e. The number of ether oxygens (including phenoxy) is 1. The van der Waals surface area contributed by atoms with Crippen LogP contribution in [0.25, 0.3) is 11.1 Å². The topological polar surface area (TPSA) is 108 Å². The van der Waals surface area contributed by atoms with Crippen LogP contribution in [-0.2, 0) is 16.6 Å². The molecule has 102 valence electrons. The lowest BCUT2D eigenvalue weighted by Crippen LogP contribution is -2.19. The van der Waals surface area contributed by atoms with Crippen LogP contribution in [0.4, 0.5) is 0 Å². The summed E-state index contributed by atoms with van der Waals surface area (Å²) in [4.78, 5) is 21.7. The quantitative estimate of drug-likeness (QED) is 0.802. The number of hydrogen-bond acceptors (Lipinski definition) is 5. The number of carboxylic acid groups (broad SMARTS) is 1. The van der Waals surface area contributed by atoms with Crippen molar-refractivity contribution < 1.29 is 19.1 Å². The van der Waals surface area contributed by atoms with E-state index < -0.39 is 24.4 Å². The first-order valence-electron chi connectivity index (χ1n) is 5.63. The van der Waals surface area contributed by atoms with Crippen LogP contribution >= 0.6 is 0 Å². The fourth-order valence-corrected chi connectivity index (χ4v) is 1.75. The molecule has 1 aromatic carbocycles. The largest absolute Gasteiger partial charge is 0.480 e.